The molecule has 0 aromatic carbocycles. The van der Waals surface area contributed by atoms with Crippen LogP contribution < -0.4 is 0 Å². The lowest BCUT2D eigenvalue weighted by molar-refractivity contribution is -0.397. The molecule has 1 unspecified atom stereocenters. The molecule has 7 aliphatic heterocycles. The van der Waals surface area contributed by atoms with E-state index in [4.69, 9.17) is 56.8 Å². The fraction of sp³-hybridized carbons (Fsp3) is 1.00. The van der Waals surface area contributed by atoms with Crippen LogP contribution in [0.15, 0.2) is 0 Å². The molecule has 0 bridgehead atoms. The van der Waals surface area contributed by atoms with Crippen LogP contribution in [0.5, 0.6) is 0 Å². The van der Waals surface area contributed by atoms with E-state index in [9.17, 15) is 81.7 Å². The molecule has 7 saturated heterocycles. The minimum atomic E-state index is -2.03. The van der Waals surface area contributed by atoms with Gasteiger partial charge in [-0.1, -0.05) is 20.8 Å². The van der Waals surface area contributed by atoms with E-state index in [2.05, 4.69) is 20.8 Å². The van der Waals surface area contributed by atoms with Crippen molar-refractivity contribution in [1.29, 1.82) is 0 Å². The van der Waals surface area contributed by atoms with E-state index in [1.807, 2.05) is 6.92 Å². The first-order valence-electron chi connectivity index (χ1n) is 30.7. The first-order valence-corrected chi connectivity index (χ1v) is 30.7. The Morgan fingerprint density at radius 2 is 0.976 bits per heavy atom. The highest BCUT2D eigenvalue weighted by Gasteiger charge is 2.71. The van der Waals surface area contributed by atoms with Gasteiger partial charge in [0, 0.05) is 12.3 Å². The van der Waals surface area contributed by atoms with Gasteiger partial charge in [-0.2, -0.15) is 0 Å². The van der Waals surface area contributed by atoms with Gasteiger partial charge in [0.1, 0.15) is 116 Å². The molecule has 0 radical (unpaired) electrons. The van der Waals surface area contributed by atoms with Crippen LogP contribution in [0.1, 0.15) is 98.8 Å². The Kier molecular flexibility index (Phi) is 19.3. The summed E-state index contributed by atoms with van der Waals surface area (Å²) in [7, 11) is 0. The number of ether oxygens (including phenoxy) is 12. The Balaban J connectivity index is 0.753. The molecule has 85 heavy (non-hydrogen) atoms. The normalized spacial score (nSPS) is 57.9. The van der Waals surface area contributed by atoms with Crippen LogP contribution in [0.4, 0.5) is 0 Å². The van der Waals surface area contributed by atoms with Crippen LogP contribution in [0.2, 0.25) is 0 Å². The summed E-state index contributed by atoms with van der Waals surface area (Å²) < 4.78 is 74.1. The average molecular weight is 1230 g/mol. The van der Waals surface area contributed by atoms with Gasteiger partial charge in [-0.3, -0.25) is 0 Å². The molecule has 37 atom stereocenters. The molecule has 1 spiro atoms. The van der Waals surface area contributed by atoms with Crippen molar-refractivity contribution in [2.24, 2.45) is 46.3 Å². The van der Waals surface area contributed by atoms with Crippen molar-refractivity contribution in [3.8, 4) is 0 Å². The van der Waals surface area contributed by atoms with E-state index in [0.29, 0.717) is 43.4 Å². The van der Waals surface area contributed by atoms with E-state index >= 15 is 0 Å². The maximum absolute atomic E-state index is 12.4. The second-order valence-corrected chi connectivity index (χ2v) is 27.4. The average Bonchev–Trinajstić information content (AvgIpc) is 1.59. The number of hydrogen-bond donors (Lipinski definition) is 16. The minimum absolute atomic E-state index is 0.0134. The Morgan fingerprint density at radius 3 is 1.62 bits per heavy atom. The second kappa shape index (κ2) is 25.1. The van der Waals surface area contributed by atoms with Crippen molar-refractivity contribution in [2.75, 3.05) is 33.0 Å². The van der Waals surface area contributed by atoms with Crippen molar-refractivity contribution in [3.63, 3.8) is 0 Å². The summed E-state index contributed by atoms with van der Waals surface area (Å²) in [6.45, 7) is 7.44. The fourth-order valence-electron chi connectivity index (χ4n) is 17.7. The lowest BCUT2D eigenvalue weighted by atomic mass is 9.44. The lowest BCUT2D eigenvalue weighted by Crippen LogP contribution is -2.68. The third-order valence-electron chi connectivity index (χ3n) is 22.6. The molecule has 28 nitrogen and oxygen atoms in total. The van der Waals surface area contributed by atoms with Crippen molar-refractivity contribution >= 4 is 0 Å². The topological polar surface area (TPSA) is 434 Å². The van der Waals surface area contributed by atoms with Gasteiger partial charge in [-0.15, -0.1) is 0 Å². The minimum Gasteiger partial charge on any atom is -0.394 e. The maximum Gasteiger partial charge on any atom is 0.187 e. The molecule has 11 rings (SSSR count). The van der Waals surface area contributed by atoms with Crippen LogP contribution in [-0.2, 0) is 56.8 Å². The number of hydrogen-bond acceptors (Lipinski definition) is 28. The largest absolute Gasteiger partial charge is 0.394 e. The maximum atomic E-state index is 12.4. The molecule has 4 saturated carbocycles. The van der Waals surface area contributed by atoms with Gasteiger partial charge in [0.15, 0.2) is 37.2 Å². The van der Waals surface area contributed by atoms with Crippen molar-refractivity contribution in [3.05, 3.63) is 0 Å². The van der Waals surface area contributed by atoms with E-state index in [1.165, 1.54) is 6.92 Å². The summed E-state index contributed by atoms with van der Waals surface area (Å²) in [6.07, 6.45) is -33.2. The molecule has 0 aromatic rings. The van der Waals surface area contributed by atoms with Crippen LogP contribution in [-0.4, -0.2) is 292 Å². The van der Waals surface area contributed by atoms with Crippen molar-refractivity contribution < 1.29 is 139 Å². The SMILES string of the molecule is C[C@@H]1O[C@@H](O[C@H]2[C@H](O[C@H]3CC[C@]4(C)C(CC[C@@H]5[C@@H]6C[C@@H]7O[C@]8(CC[C@@](C)(CO[C@@H]9O[C@H](CO)[C@@H](O)[C@H](O)[C@H]9O)O8)[C@@H](C)[C@@H]7[C@@]6(C)CC[C@@H]54)C3)O[C@H](CO)[C@@H](O[C@@H]3O[C@H](CO)[C@@H](O)[C@H](O[C@@H]4O[C@H](CO)[C@@H](O)[C@H](O)[C@H]4O)[C@H]3O)[C@@H]2O)[C@H](O)[C@H](O)[C@H]1O. The summed E-state index contributed by atoms with van der Waals surface area (Å²) in [5.41, 5.74) is -0.868. The molecular weight excluding hydrogens is 1130 g/mol. The third kappa shape index (κ3) is 11.4. The molecule has 4 aliphatic carbocycles. The fourth-order valence-corrected chi connectivity index (χ4v) is 17.7. The Hall–Kier alpha value is -1.12. The highest BCUT2D eigenvalue weighted by molar-refractivity contribution is 5.16. The summed E-state index contributed by atoms with van der Waals surface area (Å²) in [5.74, 6) is 0.970. The zero-order valence-corrected chi connectivity index (χ0v) is 48.7. The molecule has 28 heteroatoms. The van der Waals surface area contributed by atoms with E-state index in [0.717, 1.165) is 38.5 Å². The van der Waals surface area contributed by atoms with E-state index in [1.54, 1.807) is 0 Å². The lowest BCUT2D eigenvalue weighted by Gasteiger charge is -2.61. The van der Waals surface area contributed by atoms with Gasteiger partial charge >= 0.3 is 0 Å². The predicted molar refractivity (Wildman–Crippen MR) is 281 cm³/mol. The number of fused-ring (bicyclic) bond motifs is 7. The standard InChI is InChI=1S/C57H94O28/c1-21-33-28(84-57(21)13-12-54(3,85-57)20-74-49-41(69)39(67)35(63)29(16-58)77-49)15-27-25-7-6-23-14-24(8-10-55(23,4)26(25)9-11-56(27,33)5)76-53-48(83-50-42(70)38(66)34(62)22(2)75-50)44(72)46(32(19-61)80-53)81-52-45(73)47(37(65)31(18-60)79-52)82-51-43(71)40(68)36(64)30(17-59)78-51/h21-53,58-73H,6-20H2,1-5H3/t21-,22-,23?,24-,25-,26-,27-,28-,29+,30+,31+,32+,33-,34-,35+,36+,37+,38+,39-,40-,41+,42+,43+,44-,45+,46+,47-,48+,49+,50-,51-,52-,53+,54-,55+,56-,57-/m0/s1. The number of rotatable bonds is 15. The van der Waals surface area contributed by atoms with Crippen LogP contribution in [0.3, 0.4) is 0 Å². The highest BCUT2D eigenvalue weighted by atomic mass is 16.8. The van der Waals surface area contributed by atoms with Gasteiger partial charge in [0.2, 0.25) is 0 Å². The quantitative estimate of drug-likeness (QED) is 0.0683. The van der Waals surface area contributed by atoms with E-state index in [-0.39, 0.29) is 41.3 Å². The first kappa shape index (κ1) is 65.4. The molecule has 11 aliphatic rings. The number of aliphatic hydroxyl groups excluding tert-OH is 16. The van der Waals surface area contributed by atoms with E-state index < -0.39 is 197 Å². The van der Waals surface area contributed by atoms with Crippen LogP contribution in [0.25, 0.3) is 0 Å². The molecule has 0 aromatic heterocycles. The molecule has 16 N–H and O–H groups in total. The predicted octanol–water partition coefficient (Wildman–Crippen LogP) is -4.94. The molecule has 490 valence electrons. The van der Waals surface area contributed by atoms with Crippen LogP contribution in [0, 0.1) is 46.3 Å². The summed E-state index contributed by atoms with van der Waals surface area (Å²) in [5, 5.41) is 171. The molecular formula is C57H94O28. The van der Waals surface area contributed by atoms with Gasteiger partial charge in [-0.25, -0.2) is 0 Å². The van der Waals surface area contributed by atoms with Gasteiger partial charge in [0.05, 0.1) is 56.9 Å². The van der Waals surface area contributed by atoms with Crippen molar-refractivity contribution in [2.45, 2.75) is 276 Å². The van der Waals surface area contributed by atoms with Gasteiger partial charge in [-0.05, 0) is 112 Å². The zero-order chi connectivity index (χ0) is 61.1. The number of aliphatic hydroxyl groups is 16. The van der Waals surface area contributed by atoms with Crippen molar-refractivity contribution in [1.82, 2.24) is 0 Å². The molecule has 0 amide bonds. The summed E-state index contributed by atoms with van der Waals surface area (Å²) in [6, 6.07) is 0. The third-order valence-corrected chi connectivity index (χ3v) is 22.6. The zero-order valence-electron chi connectivity index (χ0n) is 48.7. The highest BCUT2D eigenvalue weighted by Crippen LogP contribution is 2.72. The van der Waals surface area contributed by atoms with Crippen LogP contribution >= 0.6 is 0 Å². The Labute approximate surface area is 492 Å². The first-order chi connectivity index (χ1) is 40.2. The summed E-state index contributed by atoms with van der Waals surface area (Å²) in [4.78, 5) is 0. The second-order valence-electron chi connectivity index (χ2n) is 27.4. The smallest absolute Gasteiger partial charge is 0.187 e. The Morgan fingerprint density at radius 1 is 0.435 bits per heavy atom. The molecule has 7 heterocycles. The molecule has 11 fully saturated rings. The Bertz CT molecular complexity index is 2240. The van der Waals surface area contributed by atoms with Gasteiger partial charge < -0.3 is 139 Å². The van der Waals surface area contributed by atoms with Gasteiger partial charge in [0.25, 0.3) is 0 Å². The summed E-state index contributed by atoms with van der Waals surface area (Å²) >= 11 is 0. The monoisotopic (exact) mass is 1230 g/mol.